The number of carbonyl (C=O) groups excluding carboxylic acids is 2. The lowest BCUT2D eigenvalue weighted by Crippen LogP contribution is -2.49. The van der Waals surface area contributed by atoms with Crippen molar-refractivity contribution >= 4 is 17.6 Å². The van der Waals surface area contributed by atoms with Gasteiger partial charge in [-0.15, -0.1) is 0 Å². The third-order valence-electron chi connectivity index (χ3n) is 6.30. The first-order valence-corrected chi connectivity index (χ1v) is 10.2. The van der Waals surface area contributed by atoms with Crippen LogP contribution < -0.4 is 10.2 Å². The minimum Gasteiger partial charge on any atom is -0.338 e. The summed E-state index contributed by atoms with van der Waals surface area (Å²) < 4.78 is 0. The third kappa shape index (κ3) is 3.08. The van der Waals surface area contributed by atoms with Crippen molar-refractivity contribution in [3.05, 3.63) is 29.3 Å². The van der Waals surface area contributed by atoms with Gasteiger partial charge in [-0.25, -0.2) is 4.79 Å². The molecule has 1 aromatic carbocycles. The molecule has 0 bridgehead atoms. The summed E-state index contributed by atoms with van der Waals surface area (Å²) in [6.07, 6.45) is 8.23. The summed E-state index contributed by atoms with van der Waals surface area (Å²) in [5.41, 5.74) is 2.84. The molecule has 1 unspecified atom stereocenters. The maximum atomic E-state index is 13.2. The van der Waals surface area contributed by atoms with Crippen molar-refractivity contribution in [2.75, 3.05) is 24.5 Å². The number of piperidine rings is 1. The highest BCUT2D eigenvalue weighted by molar-refractivity contribution is 5.98. The van der Waals surface area contributed by atoms with Crippen LogP contribution in [0.2, 0.25) is 0 Å². The Hall–Kier alpha value is -2.04. The fourth-order valence-corrected chi connectivity index (χ4v) is 5.04. The largest absolute Gasteiger partial charge is 0.338 e. The summed E-state index contributed by atoms with van der Waals surface area (Å²) in [7, 11) is 0. The van der Waals surface area contributed by atoms with Crippen molar-refractivity contribution in [2.45, 2.75) is 57.9 Å². The number of rotatable bonds is 2. The van der Waals surface area contributed by atoms with Crippen LogP contribution in [-0.2, 0) is 6.42 Å². The van der Waals surface area contributed by atoms with E-state index in [1.807, 2.05) is 25.1 Å². The minimum atomic E-state index is -0.0496. The van der Waals surface area contributed by atoms with E-state index in [-0.39, 0.29) is 11.9 Å². The second kappa shape index (κ2) is 7.29. The van der Waals surface area contributed by atoms with Crippen LogP contribution >= 0.6 is 0 Å². The minimum absolute atomic E-state index is 0.0496. The van der Waals surface area contributed by atoms with Gasteiger partial charge in [0.25, 0.3) is 5.91 Å². The third-order valence-corrected chi connectivity index (χ3v) is 6.30. The number of likely N-dealkylation sites (tertiary alicyclic amines) is 1. The summed E-state index contributed by atoms with van der Waals surface area (Å²) in [5, 5.41) is 2.86. The second-order valence-corrected chi connectivity index (χ2v) is 7.83. The molecule has 0 spiro atoms. The van der Waals surface area contributed by atoms with Crippen LogP contribution in [0.5, 0.6) is 0 Å². The molecule has 1 N–H and O–H groups in total. The molecule has 1 saturated heterocycles. The topological polar surface area (TPSA) is 52.7 Å². The number of hydrogen-bond acceptors (Lipinski definition) is 2. The number of benzene rings is 1. The molecule has 2 atom stereocenters. The molecule has 0 aromatic heterocycles. The van der Waals surface area contributed by atoms with Crippen LogP contribution in [0.15, 0.2) is 18.2 Å². The highest BCUT2D eigenvalue weighted by Crippen LogP contribution is 2.36. The number of carbonyl (C=O) groups is 2. The second-order valence-electron chi connectivity index (χ2n) is 7.83. The zero-order valence-electron chi connectivity index (χ0n) is 15.7. The molecule has 2 aliphatic heterocycles. The van der Waals surface area contributed by atoms with Gasteiger partial charge < -0.3 is 10.2 Å². The summed E-state index contributed by atoms with van der Waals surface area (Å²) in [6.45, 7) is 4.13. The molecule has 3 aliphatic rings. The zero-order valence-corrected chi connectivity index (χ0v) is 15.7. The van der Waals surface area contributed by atoms with Gasteiger partial charge in [0.2, 0.25) is 0 Å². The lowest BCUT2D eigenvalue weighted by molar-refractivity contribution is 0.0390. The average molecular weight is 355 g/mol. The standard InChI is InChI=1S/C21H29N3O2/c1-2-22-21(26)24-13-11-16-14-17(9-10-19(16)24)20(25)23-12-5-7-15-6-3-4-8-18(15)23/h9-10,14-15,18H,2-8,11-13H2,1H3,(H,22,26)/t15-,18?/m0/s1. The van der Waals surface area contributed by atoms with Crippen LogP contribution in [0.1, 0.15) is 61.4 Å². The molecule has 0 radical (unpaired) electrons. The van der Waals surface area contributed by atoms with Crippen LogP contribution in [-0.4, -0.2) is 42.5 Å². The van der Waals surface area contributed by atoms with E-state index in [2.05, 4.69) is 10.2 Å². The monoisotopic (exact) mass is 355 g/mol. The van der Waals surface area contributed by atoms with Gasteiger partial charge in [0.1, 0.15) is 0 Å². The molecule has 140 valence electrons. The quantitative estimate of drug-likeness (QED) is 0.882. The number of amides is 3. The van der Waals surface area contributed by atoms with Crippen molar-refractivity contribution in [3.8, 4) is 0 Å². The molecule has 4 rings (SSSR count). The number of nitrogens with zero attached hydrogens (tertiary/aromatic N) is 2. The van der Waals surface area contributed by atoms with Gasteiger partial charge >= 0.3 is 6.03 Å². The van der Waals surface area contributed by atoms with Crippen molar-refractivity contribution in [1.29, 1.82) is 0 Å². The van der Waals surface area contributed by atoms with Gasteiger partial charge in [0, 0.05) is 36.9 Å². The summed E-state index contributed by atoms with van der Waals surface area (Å²) >= 11 is 0. The van der Waals surface area contributed by atoms with Gasteiger partial charge in [-0.3, -0.25) is 9.69 Å². The highest BCUT2D eigenvalue weighted by Gasteiger charge is 2.36. The molecule has 26 heavy (non-hydrogen) atoms. The van der Waals surface area contributed by atoms with Crippen LogP contribution in [0.4, 0.5) is 10.5 Å². The Labute approximate surface area is 155 Å². The van der Waals surface area contributed by atoms with Crippen molar-refractivity contribution < 1.29 is 9.59 Å². The average Bonchev–Trinajstić information content (AvgIpc) is 3.10. The maximum Gasteiger partial charge on any atom is 0.321 e. The van der Waals surface area contributed by atoms with E-state index < -0.39 is 0 Å². The Morgan fingerprint density at radius 3 is 2.77 bits per heavy atom. The Balaban J connectivity index is 1.53. The molecule has 5 heteroatoms. The summed E-state index contributed by atoms with van der Waals surface area (Å²) in [4.78, 5) is 29.3. The van der Waals surface area contributed by atoms with E-state index in [4.69, 9.17) is 0 Å². The fourth-order valence-electron chi connectivity index (χ4n) is 5.04. The van der Waals surface area contributed by atoms with E-state index in [0.717, 1.165) is 42.6 Å². The number of urea groups is 1. The molecule has 1 aliphatic carbocycles. The number of fused-ring (bicyclic) bond motifs is 2. The Morgan fingerprint density at radius 1 is 1.12 bits per heavy atom. The molecular weight excluding hydrogens is 326 g/mol. The highest BCUT2D eigenvalue weighted by atomic mass is 16.2. The van der Waals surface area contributed by atoms with E-state index in [9.17, 15) is 9.59 Å². The van der Waals surface area contributed by atoms with Crippen molar-refractivity contribution in [2.24, 2.45) is 5.92 Å². The Morgan fingerprint density at radius 2 is 1.92 bits per heavy atom. The predicted octanol–water partition coefficient (Wildman–Crippen LogP) is 3.57. The molecule has 3 amide bonds. The molecule has 1 aromatic rings. The van der Waals surface area contributed by atoms with E-state index >= 15 is 0 Å². The van der Waals surface area contributed by atoms with E-state index in [0.29, 0.717) is 25.0 Å². The first-order valence-electron chi connectivity index (χ1n) is 10.2. The smallest absolute Gasteiger partial charge is 0.321 e. The predicted molar refractivity (Wildman–Crippen MR) is 103 cm³/mol. The molecule has 5 nitrogen and oxygen atoms in total. The van der Waals surface area contributed by atoms with E-state index in [1.165, 1.54) is 25.7 Å². The summed E-state index contributed by atoms with van der Waals surface area (Å²) in [5.74, 6) is 0.880. The Bertz CT molecular complexity index is 700. The zero-order chi connectivity index (χ0) is 18.1. The molecule has 2 heterocycles. The van der Waals surface area contributed by atoms with Crippen LogP contribution in [0.3, 0.4) is 0 Å². The molecule has 2 fully saturated rings. The van der Waals surface area contributed by atoms with Gasteiger partial charge in [-0.2, -0.15) is 0 Å². The Kier molecular flexibility index (Phi) is 4.88. The normalized spacial score (nSPS) is 24.8. The lowest BCUT2D eigenvalue weighted by atomic mass is 9.78. The van der Waals surface area contributed by atoms with Gasteiger partial charge in [-0.05, 0) is 68.7 Å². The molecular formula is C21H29N3O2. The van der Waals surface area contributed by atoms with E-state index in [1.54, 1.807) is 4.90 Å². The maximum absolute atomic E-state index is 13.2. The van der Waals surface area contributed by atoms with Gasteiger partial charge in [0.05, 0.1) is 0 Å². The first kappa shape index (κ1) is 17.4. The SMILES string of the molecule is CCNC(=O)N1CCc2cc(C(=O)N3CCC[C@@H]4CCCCC43)ccc21. The number of anilines is 1. The van der Waals surface area contributed by atoms with Gasteiger partial charge in [-0.1, -0.05) is 12.8 Å². The first-order chi connectivity index (χ1) is 12.7. The number of nitrogens with one attached hydrogen (secondary N) is 1. The van der Waals surface area contributed by atoms with Crippen LogP contribution in [0.25, 0.3) is 0 Å². The van der Waals surface area contributed by atoms with Crippen molar-refractivity contribution in [1.82, 2.24) is 10.2 Å². The van der Waals surface area contributed by atoms with Gasteiger partial charge in [0.15, 0.2) is 0 Å². The molecule has 1 saturated carbocycles. The van der Waals surface area contributed by atoms with Crippen LogP contribution in [0, 0.1) is 5.92 Å². The summed E-state index contributed by atoms with van der Waals surface area (Å²) in [6, 6.07) is 6.26. The number of hydrogen-bond donors (Lipinski definition) is 1. The van der Waals surface area contributed by atoms with Crippen molar-refractivity contribution in [3.63, 3.8) is 0 Å². The fraction of sp³-hybridized carbons (Fsp3) is 0.619. The lowest BCUT2D eigenvalue weighted by Gasteiger charge is -2.44.